The van der Waals surface area contributed by atoms with E-state index in [1.807, 2.05) is 30.0 Å². The van der Waals surface area contributed by atoms with Crippen LogP contribution in [-0.2, 0) is 10.8 Å². The predicted molar refractivity (Wildman–Crippen MR) is 247 cm³/mol. The molecule has 9 rings (SSSR count). The summed E-state index contributed by atoms with van der Waals surface area (Å²) >= 11 is 2.84. The van der Waals surface area contributed by atoms with E-state index in [1.165, 1.54) is 41.5 Å². The number of hydrogen-bond donors (Lipinski definition) is 0. The molecule has 5 heteroatoms. The van der Waals surface area contributed by atoms with Crippen LogP contribution in [0.4, 0.5) is 16.4 Å². The zero-order valence-corrected chi connectivity index (χ0v) is 35.0. The topological polar surface area (TPSA) is 12.5 Å². The van der Waals surface area contributed by atoms with Crippen LogP contribution in [-0.4, -0.2) is 6.71 Å². The minimum atomic E-state index is -3.03. The lowest BCUT2D eigenvalue weighted by atomic mass is 9.37. The van der Waals surface area contributed by atoms with Crippen LogP contribution >= 0.6 is 22.7 Å². The molecule has 0 amide bonds. The Labute approximate surface area is 365 Å². The third-order valence-corrected chi connectivity index (χ3v) is 14.9. The SMILES string of the molecule is [2H]C([2H])([2H])C(C)c1cccc(C(C([2H])([2H])[2H])C([2H])([2H])[2H])c1-c1cc2c(s1)N(c1c(C(C)C([2H])([2H])[2H])cccc1C(C)C([2H])([2H])[2H])c1cc(C)cc3c1B2c1sc2cc4c(cc2c1O3)C(C)(C)CCC4(C)C. The van der Waals surface area contributed by atoms with Gasteiger partial charge in [0.2, 0.25) is 0 Å². The third-order valence-electron chi connectivity index (χ3n) is 12.6. The van der Waals surface area contributed by atoms with Crippen LogP contribution in [0.5, 0.6) is 11.5 Å². The first-order chi connectivity index (χ1) is 32.5. The maximum absolute atomic E-state index is 8.71. The number of para-hydroxylation sites is 1. The number of nitrogens with zero attached hydrogens (tertiary/aromatic N) is 1. The average Bonchev–Trinajstić information content (AvgIpc) is 3.83. The lowest BCUT2D eigenvalue weighted by Gasteiger charge is -2.42. The Kier molecular flexibility index (Phi) is 5.67. The van der Waals surface area contributed by atoms with Gasteiger partial charge in [0.1, 0.15) is 11.5 Å². The molecule has 1 aliphatic carbocycles. The number of benzene rings is 4. The molecular formula is C51H58BNOS2. The van der Waals surface area contributed by atoms with E-state index in [4.69, 9.17) is 25.3 Å². The van der Waals surface area contributed by atoms with Crippen LogP contribution < -0.4 is 25.3 Å². The molecule has 3 aliphatic rings. The fraction of sp³-hybridized carbons (Fsp3) is 0.412. The van der Waals surface area contributed by atoms with Crippen LogP contribution in [0.25, 0.3) is 20.5 Å². The number of rotatable bonds is 6. The molecule has 0 spiro atoms. The van der Waals surface area contributed by atoms with Crippen LogP contribution in [0.3, 0.4) is 0 Å². The van der Waals surface area contributed by atoms with Crippen molar-refractivity contribution in [3.05, 3.63) is 106 Å². The van der Waals surface area contributed by atoms with E-state index in [9.17, 15) is 0 Å². The molecule has 4 heterocycles. The van der Waals surface area contributed by atoms with E-state index < -0.39 is 64.6 Å². The van der Waals surface area contributed by atoms with Gasteiger partial charge >= 0.3 is 0 Å². The van der Waals surface area contributed by atoms with Crippen LogP contribution in [0.1, 0.15) is 179 Å². The molecular weight excluding hydrogens is 718 g/mol. The zero-order valence-electron chi connectivity index (χ0n) is 48.3. The van der Waals surface area contributed by atoms with Crippen molar-refractivity contribution in [2.75, 3.05) is 4.90 Å². The largest absolute Gasteiger partial charge is 0.457 e. The number of thiophene rings is 2. The van der Waals surface area contributed by atoms with Crippen molar-refractivity contribution in [1.29, 1.82) is 0 Å². The summed E-state index contributed by atoms with van der Waals surface area (Å²) in [6.07, 6.45) is 2.03. The summed E-state index contributed by atoms with van der Waals surface area (Å²) in [5.41, 5.74) is 6.78. The Morgan fingerprint density at radius 1 is 0.732 bits per heavy atom. The highest BCUT2D eigenvalue weighted by atomic mass is 32.1. The number of ether oxygens (including phenoxy) is 1. The molecule has 4 aromatic carbocycles. The Morgan fingerprint density at radius 3 is 1.96 bits per heavy atom. The first-order valence-corrected chi connectivity index (χ1v) is 21.3. The van der Waals surface area contributed by atoms with Gasteiger partial charge in [0.05, 0.1) is 10.7 Å². The first-order valence-electron chi connectivity index (χ1n) is 27.2. The van der Waals surface area contributed by atoms with Crippen molar-refractivity contribution in [3.63, 3.8) is 0 Å². The molecule has 6 aromatic rings. The molecule has 0 bridgehead atoms. The monoisotopic (exact) mass is 790 g/mol. The van der Waals surface area contributed by atoms with Gasteiger partial charge in [0.15, 0.2) is 0 Å². The van der Waals surface area contributed by atoms with Crippen molar-refractivity contribution in [1.82, 2.24) is 0 Å². The van der Waals surface area contributed by atoms with Gasteiger partial charge in [-0.1, -0.05) is 119 Å². The summed E-state index contributed by atoms with van der Waals surface area (Å²) in [5, 5.41) is 1.53. The fourth-order valence-electron chi connectivity index (χ4n) is 9.54. The molecule has 2 aliphatic heterocycles. The molecule has 2 aromatic heterocycles. The van der Waals surface area contributed by atoms with Gasteiger partial charge in [0.25, 0.3) is 6.71 Å². The summed E-state index contributed by atoms with van der Waals surface area (Å²) < 4.78 is 139. The lowest BCUT2D eigenvalue weighted by molar-refractivity contribution is 0.332. The Morgan fingerprint density at radius 2 is 1.32 bits per heavy atom. The summed E-state index contributed by atoms with van der Waals surface area (Å²) in [7, 11) is 0. The smallest absolute Gasteiger partial charge is 0.270 e. The molecule has 56 heavy (non-hydrogen) atoms. The summed E-state index contributed by atoms with van der Waals surface area (Å²) in [4.78, 5) is 2.35. The fourth-order valence-corrected chi connectivity index (χ4v) is 12.1. The quantitative estimate of drug-likeness (QED) is 0.156. The maximum Gasteiger partial charge on any atom is 0.270 e. The molecule has 0 fully saturated rings. The van der Waals surface area contributed by atoms with Crippen molar-refractivity contribution < 1.29 is 25.3 Å². The predicted octanol–water partition coefficient (Wildman–Crippen LogP) is 14.2. The van der Waals surface area contributed by atoms with E-state index in [-0.39, 0.29) is 27.5 Å². The van der Waals surface area contributed by atoms with Crippen LogP contribution in [0.15, 0.2) is 66.7 Å². The van der Waals surface area contributed by atoms with Gasteiger partial charge < -0.3 is 9.64 Å². The second-order valence-electron chi connectivity index (χ2n) is 17.6. The molecule has 3 unspecified atom stereocenters. The van der Waals surface area contributed by atoms with Crippen molar-refractivity contribution >= 4 is 71.6 Å². The highest BCUT2D eigenvalue weighted by Gasteiger charge is 2.47. The van der Waals surface area contributed by atoms with E-state index >= 15 is 0 Å². The molecule has 3 atom stereocenters. The second kappa shape index (κ2) is 13.1. The third kappa shape index (κ3) is 5.61. The lowest BCUT2D eigenvalue weighted by Crippen LogP contribution is -2.58. The maximum atomic E-state index is 8.71. The standard InChI is InChI=1S/C51H58BNOS2/c1-27(2)32-16-14-17-33(28(3)4)44(32)43-26-39-49(56-43)53(46-34(29(5)6)18-15-19-35(46)30(7)8)40-22-31(9)23-41-45(40)52(39)48-47(54-41)36-24-37-38(25-42(36)55-48)51(12,13)21-20-50(37,10)11/h14-19,22-30H,20-21H2,1-13H3/i1D3,2D3,3D3,5D3,7D3. The van der Waals surface area contributed by atoms with Gasteiger partial charge in [-0.25, -0.2) is 0 Å². The molecule has 288 valence electrons. The average molecular weight is 791 g/mol. The van der Waals surface area contributed by atoms with Gasteiger partial charge in [-0.05, 0) is 140 Å². The van der Waals surface area contributed by atoms with Crippen LogP contribution in [0, 0.1) is 6.92 Å². The first kappa shape index (κ1) is 24.2. The number of hydrogen-bond acceptors (Lipinski definition) is 4. The molecule has 0 saturated carbocycles. The second-order valence-corrected chi connectivity index (χ2v) is 19.7. The Bertz CT molecular complexity index is 3060. The number of fused-ring (bicyclic) bond motifs is 7. The Hall–Kier alpha value is -3.80. The molecule has 0 N–H and O–H groups in total. The van der Waals surface area contributed by atoms with E-state index in [2.05, 4.69) is 39.8 Å². The van der Waals surface area contributed by atoms with Gasteiger partial charge in [-0.15, -0.1) is 22.7 Å². The molecule has 0 radical (unpaired) electrons. The number of aryl methyl sites for hydroxylation is 1. The van der Waals surface area contributed by atoms with Crippen LogP contribution in [0.2, 0.25) is 0 Å². The van der Waals surface area contributed by atoms with Crippen molar-refractivity contribution in [2.24, 2.45) is 0 Å². The van der Waals surface area contributed by atoms with E-state index in [0.29, 0.717) is 49.3 Å². The van der Waals surface area contributed by atoms with Gasteiger partial charge in [-0.2, -0.15) is 0 Å². The summed E-state index contributed by atoms with van der Waals surface area (Å²) in [5.74, 6) is -4.08. The highest BCUT2D eigenvalue weighted by molar-refractivity contribution is 7.34. The van der Waals surface area contributed by atoms with E-state index in [1.54, 1.807) is 49.4 Å². The molecule has 2 nitrogen and oxygen atoms in total. The zero-order chi connectivity index (χ0) is 52.2. The normalized spacial score (nSPS) is 23.0. The molecule has 0 saturated heterocycles. The number of anilines is 3. The summed E-state index contributed by atoms with van der Waals surface area (Å²) in [6, 6.07) is 20.2. The van der Waals surface area contributed by atoms with Crippen molar-refractivity contribution in [3.8, 4) is 21.9 Å². The minimum absolute atomic E-state index is 0.0451. The van der Waals surface area contributed by atoms with Gasteiger partial charge in [-0.3, -0.25) is 0 Å². The minimum Gasteiger partial charge on any atom is -0.457 e. The highest BCUT2D eigenvalue weighted by Crippen LogP contribution is 2.54. The van der Waals surface area contributed by atoms with Crippen molar-refractivity contribution in [2.45, 2.75) is 137 Å². The van der Waals surface area contributed by atoms with Gasteiger partial charge in [0, 0.05) is 46.0 Å². The summed E-state index contributed by atoms with van der Waals surface area (Å²) in [6.45, 7) is 1.59. The van der Waals surface area contributed by atoms with E-state index in [0.717, 1.165) is 38.7 Å². The Balaban J connectivity index is 1.45.